The molecule has 1 aromatic carbocycles. The van der Waals surface area contributed by atoms with Crippen LogP contribution in [0.5, 0.6) is 0 Å². The second-order valence-electron chi connectivity index (χ2n) is 6.75. The van der Waals surface area contributed by atoms with Crippen LogP contribution in [0.25, 0.3) is 0 Å². The minimum Gasteiger partial charge on any atom is -0.399 e. The quantitative estimate of drug-likeness (QED) is 0.628. The first-order chi connectivity index (χ1) is 9.18. The molecule has 2 rings (SSSR count). The van der Waals surface area contributed by atoms with Crippen LogP contribution in [-0.4, -0.2) is 24.6 Å². The average molecular weight is 274 g/mol. The third kappa shape index (κ3) is 2.55. The highest BCUT2D eigenvalue weighted by Gasteiger charge is 2.52. The zero-order valence-electron chi connectivity index (χ0n) is 13.2. The van der Waals surface area contributed by atoms with Crippen molar-refractivity contribution in [1.82, 2.24) is 0 Å². The molecule has 0 aromatic heterocycles. The summed E-state index contributed by atoms with van der Waals surface area (Å²) < 4.78 is 12.1. The SMILES string of the molecule is CC(C)c1ccc(C=O)c(B2OC(C)(C)C(C)(C)O2)c1. The second-order valence-corrected chi connectivity index (χ2v) is 6.75. The second kappa shape index (κ2) is 5.01. The van der Waals surface area contributed by atoms with E-state index in [1.807, 2.05) is 45.9 Å². The fourth-order valence-electron chi connectivity index (χ4n) is 2.23. The van der Waals surface area contributed by atoms with Crippen LogP contribution in [-0.2, 0) is 9.31 Å². The van der Waals surface area contributed by atoms with Gasteiger partial charge >= 0.3 is 7.12 Å². The molecular weight excluding hydrogens is 251 g/mol. The first-order valence-corrected chi connectivity index (χ1v) is 7.12. The van der Waals surface area contributed by atoms with E-state index in [0.29, 0.717) is 11.5 Å². The number of aldehydes is 1. The Morgan fingerprint density at radius 1 is 1.10 bits per heavy atom. The van der Waals surface area contributed by atoms with E-state index in [9.17, 15) is 4.79 Å². The first-order valence-electron chi connectivity index (χ1n) is 7.12. The first kappa shape index (κ1) is 15.3. The van der Waals surface area contributed by atoms with Crippen LogP contribution in [0.2, 0.25) is 0 Å². The van der Waals surface area contributed by atoms with Crippen LogP contribution in [0.4, 0.5) is 0 Å². The third-order valence-corrected chi connectivity index (χ3v) is 4.41. The predicted molar refractivity (Wildman–Crippen MR) is 81.6 cm³/mol. The highest BCUT2D eigenvalue weighted by Crippen LogP contribution is 2.36. The molecule has 0 spiro atoms. The molecule has 1 fully saturated rings. The molecule has 1 aliphatic rings. The summed E-state index contributed by atoms with van der Waals surface area (Å²) in [7, 11) is -0.487. The van der Waals surface area contributed by atoms with Gasteiger partial charge in [-0.3, -0.25) is 4.79 Å². The minimum absolute atomic E-state index is 0.397. The molecule has 1 aromatic rings. The van der Waals surface area contributed by atoms with Gasteiger partial charge in [0.15, 0.2) is 0 Å². The van der Waals surface area contributed by atoms with Gasteiger partial charge in [0, 0.05) is 5.56 Å². The van der Waals surface area contributed by atoms with Gasteiger partial charge in [-0.25, -0.2) is 0 Å². The molecule has 3 nitrogen and oxygen atoms in total. The molecule has 20 heavy (non-hydrogen) atoms. The van der Waals surface area contributed by atoms with Crippen LogP contribution in [0.3, 0.4) is 0 Å². The maximum Gasteiger partial charge on any atom is 0.495 e. The number of rotatable bonds is 3. The van der Waals surface area contributed by atoms with Gasteiger partial charge in [-0.05, 0) is 44.6 Å². The third-order valence-electron chi connectivity index (χ3n) is 4.41. The Hall–Kier alpha value is -1.13. The fraction of sp³-hybridized carbons (Fsp3) is 0.562. The standard InChI is InChI=1S/C16H23BO3/c1-11(2)12-7-8-13(10-18)14(9-12)17-19-15(3,4)16(5,6)20-17/h7-11H,1-6H3. The van der Waals surface area contributed by atoms with Gasteiger partial charge in [-0.2, -0.15) is 0 Å². The summed E-state index contributed by atoms with van der Waals surface area (Å²) in [5.41, 5.74) is 1.84. The van der Waals surface area contributed by atoms with Crippen LogP contribution in [0.1, 0.15) is 63.4 Å². The van der Waals surface area contributed by atoms with Crippen molar-refractivity contribution < 1.29 is 14.1 Å². The molecule has 1 aliphatic heterocycles. The lowest BCUT2D eigenvalue weighted by atomic mass is 9.74. The summed E-state index contributed by atoms with van der Waals surface area (Å²) in [5.74, 6) is 0.400. The average Bonchev–Trinajstić information content (AvgIpc) is 2.57. The van der Waals surface area contributed by atoms with E-state index in [-0.39, 0.29) is 0 Å². The number of carbonyl (C=O) groups is 1. The smallest absolute Gasteiger partial charge is 0.399 e. The molecular formula is C16H23BO3. The largest absolute Gasteiger partial charge is 0.495 e. The molecule has 4 heteroatoms. The van der Waals surface area contributed by atoms with Gasteiger partial charge in [-0.1, -0.05) is 32.0 Å². The molecule has 0 unspecified atom stereocenters. The highest BCUT2D eigenvalue weighted by molar-refractivity contribution is 6.63. The lowest BCUT2D eigenvalue weighted by molar-refractivity contribution is 0.00578. The summed E-state index contributed by atoms with van der Waals surface area (Å²) in [6.07, 6.45) is 0.866. The number of carbonyl (C=O) groups excluding carboxylic acids is 1. The predicted octanol–water partition coefficient (Wildman–Crippen LogP) is 2.92. The molecule has 0 N–H and O–H groups in total. The van der Waals surface area contributed by atoms with E-state index < -0.39 is 18.3 Å². The zero-order valence-corrected chi connectivity index (χ0v) is 13.2. The molecule has 0 bridgehead atoms. The maximum atomic E-state index is 11.3. The zero-order chi connectivity index (χ0) is 15.1. The number of benzene rings is 1. The van der Waals surface area contributed by atoms with Crippen molar-refractivity contribution in [2.24, 2.45) is 0 Å². The Bertz CT molecular complexity index is 504. The Morgan fingerprint density at radius 2 is 1.65 bits per heavy atom. The van der Waals surface area contributed by atoms with E-state index in [4.69, 9.17) is 9.31 Å². The molecule has 1 saturated heterocycles. The fourth-order valence-corrected chi connectivity index (χ4v) is 2.23. The maximum absolute atomic E-state index is 11.3. The number of hydrogen-bond donors (Lipinski definition) is 0. The summed E-state index contributed by atoms with van der Waals surface area (Å²) >= 11 is 0. The lowest BCUT2D eigenvalue weighted by Crippen LogP contribution is -2.41. The van der Waals surface area contributed by atoms with Crippen LogP contribution < -0.4 is 5.46 Å². The van der Waals surface area contributed by atoms with E-state index >= 15 is 0 Å². The molecule has 1 heterocycles. The van der Waals surface area contributed by atoms with E-state index in [0.717, 1.165) is 11.7 Å². The van der Waals surface area contributed by atoms with Crippen LogP contribution in [0, 0.1) is 0 Å². The van der Waals surface area contributed by atoms with Gasteiger partial charge in [0.05, 0.1) is 11.2 Å². The van der Waals surface area contributed by atoms with Crippen molar-refractivity contribution >= 4 is 18.9 Å². The van der Waals surface area contributed by atoms with Crippen LogP contribution in [0.15, 0.2) is 18.2 Å². The number of hydrogen-bond acceptors (Lipinski definition) is 3. The lowest BCUT2D eigenvalue weighted by Gasteiger charge is -2.32. The summed E-state index contributed by atoms with van der Waals surface area (Å²) in [4.78, 5) is 11.3. The Balaban J connectivity index is 2.43. The normalized spacial score (nSPS) is 20.4. The van der Waals surface area contributed by atoms with Crippen molar-refractivity contribution in [3.05, 3.63) is 29.3 Å². The van der Waals surface area contributed by atoms with E-state index in [1.165, 1.54) is 5.56 Å². The molecule has 108 valence electrons. The van der Waals surface area contributed by atoms with E-state index in [2.05, 4.69) is 13.8 Å². The Morgan fingerprint density at radius 3 is 2.10 bits per heavy atom. The van der Waals surface area contributed by atoms with Crippen molar-refractivity contribution in [1.29, 1.82) is 0 Å². The highest BCUT2D eigenvalue weighted by atomic mass is 16.7. The summed E-state index contributed by atoms with van der Waals surface area (Å²) in [5, 5.41) is 0. The van der Waals surface area contributed by atoms with Gasteiger partial charge in [0.1, 0.15) is 6.29 Å². The van der Waals surface area contributed by atoms with Crippen molar-refractivity contribution in [3.8, 4) is 0 Å². The van der Waals surface area contributed by atoms with Gasteiger partial charge in [0.25, 0.3) is 0 Å². The van der Waals surface area contributed by atoms with Gasteiger partial charge < -0.3 is 9.31 Å². The minimum atomic E-state index is -0.487. The van der Waals surface area contributed by atoms with Crippen LogP contribution >= 0.6 is 0 Å². The molecule has 0 atom stereocenters. The van der Waals surface area contributed by atoms with E-state index in [1.54, 1.807) is 0 Å². The van der Waals surface area contributed by atoms with Crippen molar-refractivity contribution in [2.75, 3.05) is 0 Å². The molecule has 0 amide bonds. The summed E-state index contributed by atoms with van der Waals surface area (Å²) in [6.45, 7) is 12.3. The van der Waals surface area contributed by atoms with Gasteiger partial charge in [-0.15, -0.1) is 0 Å². The molecule has 0 radical (unpaired) electrons. The Kier molecular flexibility index (Phi) is 3.82. The summed E-state index contributed by atoms with van der Waals surface area (Å²) in [6, 6.07) is 5.86. The van der Waals surface area contributed by atoms with Crippen molar-refractivity contribution in [2.45, 2.75) is 58.7 Å². The van der Waals surface area contributed by atoms with Gasteiger partial charge in [0.2, 0.25) is 0 Å². The van der Waals surface area contributed by atoms with Crippen molar-refractivity contribution in [3.63, 3.8) is 0 Å². The topological polar surface area (TPSA) is 35.5 Å². The molecule has 0 saturated carbocycles. The monoisotopic (exact) mass is 274 g/mol. The Labute approximate surface area is 121 Å². The molecule has 0 aliphatic carbocycles.